The van der Waals surface area contributed by atoms with Gasteiger partial charge in [0, 0.05) is 23.1 Å². The Bertz CT molecular complexity index is 1190. The minimum absolute atomic E-state index is 0.138. The quantitative estimate of drug-likeness (QED) is 0.410. The molecule has 7 heteroatoms. The Morgan fingerprint density at radius 3 is 2.58 bits per heavy atom. The Morgan fingerprint density at radius 1 is 1.00 bits per heavy atom. The second-order valence-corrected chi connectivity index (χ2v) is 7.61. The number of carbonyl (C=O) groups is 1. The molecule has 0 aliphatic heterocycles. The monoisotopic (exact) mass is 436 g/mol. The fourth-order valence-corrected chi connectivity index (χ4v) is 3.71. The van der Waals surface area contributed by atoms with Gasteiger partial charge in [0.05, 0.1) is 0 Å². The van der Waals surface area contributed by atoms with Gasteiger partial charge >= 0.3 is 0 Å². The topological polar surface area (TPSA) is 51.2 Å². The van der Waals surface area contributed by atoms with Crippen molar-refractivity contribution in [3.63, 3.8) is 0 Å². The predicted molar refractivity (Wildman–Crippen MR) is 116 cm³/mol. The number of benzene rings is 3. The van der Waals surface area contributed by atoms with Crippen molar-refractivity contribution in [2.24, 2.45) is 0 Å². The lowest BCUT2D eigenvalue weighted by Crippen LogP contribution is -2.23. The van der Waals surface area contributed by atoms with Gasteiger partial charge in [-0.15, -0.1) is 11.3 Å². The minimum Gasteiger partial charge on any atom is -0.489 e. The third kappa shape index (κ3) is 5.32. The van der Waals surface area contributed by atoms with Crippen molar-refractivity contribution >= 4 is 17.2 Å². The van der Waals surface area contributed by atoms with E-state index in [9.17, 15) is 13.6 Å². The average Bonchev–Trinajstić information content (AvgIpc) is 3.28. The summed E-state index contributed by atoms with van der Waals surface area (Å²) in [5.41, 5.74) is 2.30. The summed E-state index contributed by atoms with van der Waals surface area (Å²) in [4.78, 5) is 16.7. The van der Waals surface area contributed by atoms with Gasteiger partial charge in [0.25, 0.3) is 5.91 Å². The van der Waals surface area contributed by atoms with Gasteiger partial charge in [0.2, 0.25) is 0 Å². The molecular formula is C24H18F2N2O2S. The molecule has 3 aromatic carbocycles. The zero-order valence-corrected chi connectivity index (χ0v) is 17.2. The first-order valence-corrected chi connectivity index (χ1v) is 10.4. The number of hydrogen-bond acceptors (Lipinski definition) is 4. The summed E-state index contributed by atoms with van der Waals surface area (Å²) in [5.74, 6) is -0.359. The number of aromatic nitrogens is 1. The molecular weight excluding hydrogens is 418 g/mol. The third-order valence-corrected chi connectivity index (χ3v) is 5.42. The van der Waals surface area contributed by atoms with Crippen LogP contribution in [0.4, 0.5) is 8.78 Å². The molecule has 4 aromatic rings. The molecule has 0 saturated carbocycles. The van der Waals surface area contributed by atoms with Crippen LogP contribution in [0, 0.1) is 11.6 Å². The molecule has 1 heterocycles. The molecule has 1 aromatic heterocycles. The van der Waals surface area contributed by atoms with Gasteiger partial charge in [0.15, 0.2) is 0 Å². The maximum Gasteiger partial charge on any atom is 0.271 e. The fraction of sp³-hybridized carbons (Fsp3) is 0.0833. The minimum atomic E-state index is -0.343. The molecule has 4 rings (SSSR count). The maximum atomic E-state index is 13.7. The van der Waals surface area contributed by atoms with Crippen molar-refractivity contribution in [2.75, 3.05) is 0 Å². The number of halogens is 2. The van der Waals surface area contributed by atoms with Gasteiger partial charge in [-0.1, -0.05) is 30.3 Å². The molecule has 156 valence electrons. The summed E-state index contributed by atoms with van der Waals surface area (Å²) in [6.45, 7) is 0.358. The SMILES string of the molecule is O=C(NCc1cccc(F)c1)c1csc(-c2ccc(OCc3ccccc3F)cc2)n1. The Morgan fingerprint density at radius 2 is 1.81 bits per heavy atom. The van der Waals surface area contributed by atoms with E-state index >= 15 is 0 Å². The van der Waals surface area contributed by atoms with Crippen molar-refractivity contribution in [3.05, 3.63) is 107 Å². The number of hydrogen-bond donors (Lipinski definition) is 1. The van der Waals surface area contributed by atoms with E-state index in [-0.39, 0.29) is 30.7 Å². The number of nitrogens with one attached hydrogen (secondary N) is 1. The average molecular weight is 436 g/mol. The van der Waals surface area contributed by atoms with Crippen LogP contribution in [0.3, 0.4) is 0 Å². The highest BCUT2D eigenvalue weighted by atomic mass is 32.1. The maximum absolute atomic E-state index is 13.7. The lowest BCUT2D eigenvalue weighted by atomic mass is 10.2. The zero-order chi connectivity index (χ0) is 21.6. The van der Waals surface area contributed by atoms with Gasteiger partial charge in [0.1, 0.15) is 34.7 Å². The van der Waals surface area contributed by atoms with E-state index in [1.54, 1.807) is 47.8 Å². The third-order valence-electron chi connectivity index (χ3n) is 4.53. The first-order valence-electron chi connectivity index (χ1n) is 9.53. The highest BCUT2D eigenvalue weighted by molar-refractivity contribution is 7.13. The summed E-state index contributed by atoms with van der Waals surface area (Å²) in [5, 5.41) is 5.11. The summed E-state index contributed by atoms with van der Waals surface area (Å²) in [6.07, 6.45) is 0. The molecule has 0 spiro atoms. The number of nitrogens with zero attached hydrogens (tertiary/aromatic N) is 1. The van der Waals surface area contributed by atoms with Crippen LogP contribution in [0.25, 0.3) is 10.6 Å². The van der Waals surface area contributed by atoms with Crippen LogP contribution in [-0.4, -0.2) is 10.9 Å². The van der Waals surface area contributed by atoms with Gasteiger partial charge in [-0.3, -0.25) is 4.79 Å². The van der Waals surface area contributed by atoms with Crippen molar-refractivity contribution in [3.8, 4) is 16.3 Å². The van der Waals surface area contributed by atoms with Crippen molar-refractivity contribution in [2.45, 2.75) is 13.2 Å². The lowest BCUT2D eigenvalue weighted by Gasteiger charge is -2.07. The van der Waals surface area contributed by atoms with Crippen LogP contribution < -0.4 is 10.1 Å². The number of ether oxygens (including phenoxy) is 1. The number of amides is 1. The fourth-order valence-electron chi connectivity index (χ4n) is 2.90. The van der Waals surface area contributed by atoms with E-state index in [1.807, 2.05) is 12.1 Å². The lowest BCUT2D eigenvalue weighted by molar-refractivity contribution is 0.0946. The van der Waals surface area contributed by atoms with E-state index in [2.05, 4.69) is 10.3 Å². The molecule has 4 nitrogen and oxygen atoms in total. The van der Waals surface area contributed by atoms with E-state index in [0.29, 0.717) is 27.6 Å². The molecule has 0 atom stereocenters. The molecule has 0 aliphatic carbocycles. The van der Waals surface area contributed by atoms with Gasteiger partial charge in [-0.2, -0.15) is 0 Å². The second-order valence-electron chi connectivity index (χ2n) is 6.75. The van der Waals surface area contributed by atoms with E-state index in [0.717, 1.165) is 5.56 Å². The standard InChI is InChI=1S/C24H18F2N2O2S/c25-19-6-3-4-16(12-19)13-27-23(29)22-15-31-24(28-22)17-8-10-20(11-9-17)30-14-18-5-1-2-7-21(18)26/h1-12,15H,13-14H2,(H,27,29). The van der Waals surface area contributed by atoms with E-state index in [1.165, 1.54) is 29.5 Å². The van der Waals surface area contributed by atoms with Crippen LogP contribution in [0.5, 0.6) is 5.75 Å². The van der Waals surface area contributed by atoms with Crippen molar-refractivity contribution in [1.82, 2.24) is 10.3 Å². The van der Waals surface area contributed by atoms with Crippen molar-refractivity contribution < 1.29 is 18.3 Å². The summed E-state index contributed by atoms with van der Waals surface area (Å²) in [6, 6.07) is 19.8. The smallest absolute Gasteiger partial charge is 0.271 e. The van der Waals surface area contributed by atoms with E-state index in [4.69, 9.17) is 4.74 Å². The molecule has 0 bridgehead atoms. The Kier molecular flexibility index (Phi) is 6.33. The van der Waals surface area contributed by atoms with Crippen molar-refractivity contribution in [1.29, 1.82) is 0 Å². The number of rotatable bonds is 7. The molecule has 0 fully saturated rings. The van der Waals surface area contributed by atoms with Crippen LogP contribution in [0.2, 0.25) is 0 Å². The second kappa shape index (κ2) is 9.49. The summed E-state index contributed by atoms with van der Waals surface area (Å²) >= 11 is 1.35. The molecule has 1 N–H and O–H groups in total. The molecule has 0 unspecified atom stereocenters. The highest BCUT2D eigenvalue weighted by Crippen LogP contribution is 2.26. The molecule has 31 heavy (non-hydrogen) atoms. The van der Waals surface area contributed by atoms with Crippen LogP contribution in [-0.2, 0) is 13.2 Å². The molecule has 0 radical (unpaired) electrons. The predicted octanol–water partition coefficient (Wildman–Crippen LogP) is 5.60. The first kappa shape index (κ1) is 20.7. The van der Waals surface area contributed by atoms with Gasteiger partial charge < -0.3 is 10.1 Å². The normalized spacial score (nSPS) is 10.6. The van der Waals surface area contributed by atoms with Crippen LogP contribution in [0.1, 0.15) is 21.6 Å². The zero-order valence-electron chi connectivity index (χ0n) is 16.3. The van der Waals surface area contributed by atoms with Crippen LogP contribution >= 0.6 is 11.3 Å². The summed E-state index contributed by atoms with van der Waals surface area (Å²) in [7, 11) is 0. The largest absolute Gasteiger partial charge is 0.489 e. The Hall–Kier alpha value is -3.58. The van der Waals surface area contributed by atoms with Gasteiger partial charge in [-0.25, -0.2) is 13.8 Å². The van der Waals surface area contributed by atoms with Crippen LogP contribution in [0.15, 0.2) is 78.2 Å². The molecule has 0 saturated heterocycles. The van der Waals surface area contributed by atoms with Gasteiger partial charge in [-0.05, 0) is 48.0 Å². The Labute approximate surface area is 182 Å². The summed E-state index contributed by atoms with van der Waals surface area (Å²) < 4.78 is 32.6. The highest BCUT2D eigenvalue weighted by Gasteiger charge is 2.12. The number of carbonyl (C=O) groups excluding carboxylic acids is 1. The van der Waals surface area contributed by atoms with E-state index < -0.39 is 0 Å². The molecule has 0 aliphatic rings. The Balaban J connectivity index is 1.36. The first-order chi connectivity index (χ1) is 15.1. The number of thiazole rings is 1. The molecule has 1 amide bonds.